The fourth-order valence-electron chi connectivity index (χ4n) is 3.83. The van der Waals surface area contributed by atoms with Gasteiger partial charge < -0.3 is 19.0 Å². The number of hydrogen-bond acceptors (Lipinski definition) is 5. The monoisotopic (exact) mass is 405 g/mol. The van der Waals surface area contributed by atoms with Gasteiger partial charge in [0.15, 0.2) is 0 Å². The molecule has 154 valence electrons. The number of imidazole rings is 1. The predicted molar refractivity (Wildman–Crippen MR) is 110 cm³/mol. The molecule has 0 spiro atoms. The summed E-state index contributed by atoms with van der Waals surface area (Å²) < 4.78 is 7.47. The second-order valence-corrected chi connectivity index (χ2v) is 7.48. The quantitative estimate of drug-likeness (QED) is 0.385. The zero-order chi connectivity index (χ0) is 21.3. The fourth-order valence-corrected chi connectivity index (χ4v) is 3.83. The van der Waals surface area contributed by atoms with E-state index in [0.717, 1.165) is 11.1 Å². The lowest BCUT2D eigenvalue weighted by molar-refractivity contribution is -0.140. The smallest absolute Gasteiger partial charge is 0.295 e. The lowest BCUT2D eigenvalue weighted by Gasteiger charge is -2.23. The van der Waals surface area contributed by atoms with Gasteiger partial charge in [0.1, 0.15) is 17.6 Å². The summed E-state index contributed by atoms with van der Waals surface area (Å²) >= 11 is 0. The first-order valence-electron chi connectivity index (χ1n) is 9.82. The molecule has 3 aromatic rings. The Morgan fingerprint density at radius 2 is 2.03 bits per heavy atom. The first-order valence-corrected chi connectivity index (χ1v) is 9.82. The molecule has 1 atom stereocenters. The summed E-state index contributed by atoms with van der Waals surface area (Å²) in [6.07, 6.45) is 7.37. The van der Waals surface area contributed by atoms with Crippen LogP contribution in [0.3, 0.4) is 0 Å². The van der Waals surface area contributed by atoms with E-state index in [-0.39, 0.29) is 11.3 Å². The van der Waals surface area contributed by atoms with Gasteiger partial charge in [-0.2, -0.15) is 0 Å². The molecule has 1 fully saturated rings. The normalized spacial score (nSPS) is 18.3. The second-order valence-electron chi connectivity index (χ2n) is 7.48. The summed E-state index contributed by atoms with van der Waals surface area (Å²) in [5, 5.41) is 11.1. The van der Waals surface area contributed by atoms with Crippen LogP contribution in [0.4, 0.5) is 0 Å². The van der Waals surface area contributed by atoms with E-state index in [1.54, 1.807) is 24.7 Å². The number of aliphatic hydroxyl groups excluding tert-OH is 1. The number of carbonyl (C=O) groups is 2. The maximum absolute atomic E-state index is 13.0. The summed E-state index contributed by atoms with van der Waals surface area (Å²) in [5.74, 6) is -1.05. The lowest BCUT2D eigenvalue weighted by atomic mass is 9.96. The second kappa shape index (κ2) is 8.02. The van der Waals surface area contributed by atoms with Crippen LogP contribution in [0, 0.1) is 13.8 Å². The van der Waals surface area contributed by atoms with E-state index in [9.17, 15) is 14.7 Å². The highest BCUT2D eigenvalue weighted by molar-refractivity contribution is 6.46. The Morgan fingerprint density at radius 1 is 1.20 bits per heavy atom. The molecule has 1 aliphatic heterocycles. The van der Waals surface area contributed by atoms with Crippen LogP contribution in [0.25, 0.3) is 5.76 Å². The third-order valence-electron chi connectivity index (χ3n) is 5.38. The van der Waals surface area contributed by atoms with E-state index in [0.29, 0.717) is 30.8 Å². The number of aryl methyl sites for hydroxylation is 3. The van der Waals surface area contributed by atoms with E-state index in [1.165, 1.54) is 11.2 Å². The number of carbonyl (C=O) groups excluding carboxylic acids is 2. The van der Waals surface area contributed by atoms with Gasteiger partial charge in [0.05, 0.1) is 18.2 Å². The van der Waals surface area contributed by atoms with Gasteiger partial charge in [-0.1, -0.05) is 17.7 Å². The zero-order valence-corrected chi connectivity index (χ0v) is 16.9. The minimum Gasteiger partial charge on any atom is -0.507 e. The van der Waals surface area contributed by atoms with Crippen LogP contribution in [0.15, 0.2) is 65.3 Å². The summed E-state index contributed by atoms with van der Waals surface area (Å²) in [7, 11) is 0. The van der Waals surface area contributed by atoms with Crippen molar-refractivity contribution < 1.29 is 19.1 Å². The molecule has 1 saturated heterocycles. The number of aromatic nitrogens is 2. The first kappa shape index (κ1) is 19.7. The molecule has 1 aromatic carbocycles. The van der Waals surface area contributed by atoms with E-state index in [2.05, 4.69) is 4.98 Å². The van der Waals surface area contributed by atoms with Gasteiger partial charge in [0.2, 0.25) is 0 Å². The topological polar surface area (TPSA) is 88.6 Å². The molecular weight excluding hydrogens is 382 g/mol. The zero-order valence-electron chi connectivity index (χ0n) is 16.9. The first-order chi connectivity index (χ1) is 14.5. The number of aliphatic hydroxyl groups is 1. The Balaban J connectivity index is 1.73. The van der Waals surface area contributed by atoms with E-state index < -0.39 is 17.7 Å². The van der Waals surface area contributed by atoms with Crippen molar-refractivity contribution in [1.82, 2.24) is 14.5 Å². The van der Waals surface area contributed by atoms with Crippen molar-refractivity contribution in [3.8, 4) is 0 Å². The fraction of sp³-hybridized carbons (Fsp3) is 0.261. The van der Waals surface area contributed by atoms with Gasteiger partial charge >= 0.3 is 0 Å². The van der Waals surface area contributed by atoms with Gasteiger partial charge in [0, 0.05) is 31.0 Å². The Bertz CT molecular complexity index is 1100. The average Bonchev–Trinajstić information content (AvgIpc) is 3.47. The number of rotatable bonds is 6. The molecule has 7 nitrogen and oxygen atoms in total. The molecule has 0 saturated carbocycles. The van der Waals surface area contributed by atoms with E-state index in [1.807, 2.05) is 42.8 Å². The molecule has 1 aliphatic rings. The van der Waals surface area contributed by atoms with Gasteiger partial charge in [-0.15, -0.1) is 0 Å². The maximum atomic E-state index is 13.0. The molecule has 1 unspecified atom stereocenters. The van der Waals surface area contributed by atoms with E-state index >= 15 is 0 Å². The van der Waals surface area contributed by atoms with Crippen molar-refractivity contribution in [2.75, 3.05) is 6.54 Å². The summed E-state index contributed by atoms with van der Waals surface area (Å²) in [4.78, 5) is 31.3. The Labute approximate surface area is 174 Å². The number of Topliss-reactive ketones (excluding diaryl/α,β-unsaturated/α-hetero) is 1. The van der Waals surface area contributed by atoms with Crippen LogP contribution in [0.2, 0.25) is 0 Å². The highest BCUT2D eigenvalue weighted by Crippen LogP contribution is 2.40. The predicted octanol–water partition coefficient (Wildman–Crippen LogP) is 3.60. The molecular formula is C23H23N3O4. The molecule has 30 heavy (non-hydrogen) atoms. The average molecular weight is 405 g/mol. The van der Waals surface area contributed by atoms with Crippen molar-refractivity contribution in [3.05, 3.63) is 83.3 Å². The van der Waals surface area contributed by atoms with Gasteiger partial charge in [-0.25, -0.2) is 4.98 Å². The third-order valence-corrected chi connectivity index (χ3v) is 5.38. The molecule has 7 heteroatoms. The number of amides is 1. The molecule has 2 aromatic heterocycles. The molecule has 1 amide bonds. The van der Waals surface area contributed by atoms with E-state index in [4.69, 9.17) is 4.42 Å². The minimum absolute atomic E-state index is 0.0614. The summed E-state index contributed by atoms with van der Waals surface area (Å²) in [6.45, 7) is 4.77. The van der Waals surface area contributed by atoms with Gasteiger partial charge in [0.25, 0.3) is 11.7 Å². The molecule has 0 bridgehead atoms. The molecule has 1 N–H and O–H groups in total. The Hall–Kier alpha value is -3.61. The van der Waals surface area contributed by atoms with Gasteiger partial charge in [-0.05, 0) is 44.0 Å². The van der Waals surface area contributed by atoms with Crippen LogP contribution in [0.5, 0.6) is 0 Å². The minimum atomic E-state index is -0.761. The number of hydrogen-bond donors (Lipinski definition) is 1. The number of furan rings is 1. The lowest BCUT2D eigenvalue weighted by Crippen LogP contribution is -2.31. The van der Waals surface area contributed by atoms with Crippen LogP contribution in [-0.2, 0) is 16.1 Å². The van der Waals surface area contributed by atoms with Crippen molar-refractivity contribution in [2.24, 2.45) is 0 Å². The molecule has 4 rings (SSSR count). The summed E-state index contributed by atoms with van der Waals surface area (Å²) in [5.41, 5.74) is 2.38. The molecule has 0 radical (unpaired) electrons. The van der Waals surface area contributed by atoms with Crippen molar-refractivity contribution in [3.63, 3.8) is 0 Å². The number of nitrogens with zero attached hydrogens (tertiary/aromatic N) is 3. The Morgan fingerprint density at radius 3 is 2.73 bits per heavy atom. The summed E-state index contributed by atoms with van der Waals surface area (Å²) in [6, 6.07) is 8.30. The highest BCUT2D eigenvalue weighted by Gasteiger charge is 2.47. The third kappa shape index (κ3) is 3.54. The van der Waals surface area contributed by atoms with Crippen LogP contribution in [0.1, 0.15) is 34.9 Å². The van der Waals surface area contributed by atoms with Crippen LogP contribution < -0.4 is 0 Å². The largest absolute Gasteiger partial charge is 0.507 e. The SMILES string of the molecule is Cc1ccc(C)c(C(O)=C2C(=O)C(=O)N(CCCn3ccnc3)C2c2ccco2)c1. The van der Waals surface area contributed by atoms with Crippen LogP contribution >= 0.6 is 0 Å². The number of ketones is 1. The molecule has 3 heterocycles. The van der Waals surface area contributed by atoms with Crippen molar-refractivity contribution >= 4 is 17.4 Å². The highest BCUT2D eigenvalue weighted by atomic mass is 16.3. The van der Waals surface area contributed by atoms with Crippen molar-refractivity contribution in [1.29, 1.82) is 0 Å². The van der Waals surface area contributed by atoms with Crippen molar-refractivity contribution in [2.45, 2.75) is 32.9 Å². The molecule has 0 aliphatic carbocycles. The standard InChI is InChI=1S/C23H23N3O4/c1-15-6-7-16(2)17(13-15)21(27)19-20(18-5-3-12-30-18)26(23(29)22(19)28)10-4-9-25-11-8-24-14-25/h3,5-8,11-14,20,27H,4,9-10H2,1-2H3. The van der Waals surface area contributed by atoms with Crippen LogP contribution in [-0.4, -0.2) is 37.8 Å². The number of benzene rings is 1. The maximum Gasteiger partial charge on any atom is 0.295 e. The number of likely N-dealkylation sites (tertiary alicyclic amines) is 1. The van der Waals surface area contributed by atoms with Gasteiger partial charge in [-0.3, -0.25) is 9.59 Å². The Kier molecular flexibility index (Phi) is 5.27.